The van der Waals surface area contributed by atoms with E-state index in [2.05, 4.69) is 5.32 Å². The molecular formula is C22H28F2N4O2+2. The van der Waals surface area contributed by atoms with E-state index in [9.17, 15) is 18.4 Å². The highest BCUT2D eigenvalue weighted by atomic mass is 19.1. The van der Waals surface area contributed by atoms with Gasteiger partial charge in [0.05, 0.1) is 0 Å². The smallest absolute Gasteiger partial charge is 0.279 e. The van der Waals surface area contributed by atoms with Crippen LogP contribution in [0.5, 0.6) is 0 Å². The number of nitrogens with zero attached hydrogens (tertiary/aromatic N) is 1. The lowest BCUT2D eigenvalue weighted by Crippen LogP contribution is -3.28. The molecular weight excluding hydrogens is 390 g/mol. The standard InChI is InChI=1S/C22H26F2N4O2/c1-26(14-17-2-4-18(23)5-3-17)22(30)16-28-12-10-27(11-13-28)15-21(29)25-20-8-6-19(24)7-9-20/h2-9H,10-16H2,1H3,(H,25,29)/p+2. The molecule has 0 unspecified atom stereocenters. The van der Waals surface area contributed by atoms with Crippen molar-refractivity contribution < 1.29 is 28.2 Å². The highest BCUT2D eigenvalue weighted by Gasteiger charge is 2.27. The Morgan fingerprint density at radius 2 is 1.37 bits per heavy atom. The van der Waals surface area contributed by atoms with Crippen LogP contribution in [0.3, 0.4) is 0 Å². The molecule has 2 aromatic rings. The van der Waals surface area contributed by atoms with Crippen molar-refractivity contribution in [1.29, 1.82) is 0 Å². The first kappa shape index (κ1) is 21.9. The maximum absolute atomic E-state index is 13.0. The fraction of sp³-hybridized carbons (Fsp3) is 0.364. The van der Waals surface area contributed by atoms with Crippen molar-refractivity contribution in [1.82, 2.24) is 4.90 Å². The summed E-state index contributed by atoms with van der Waals surface area (Å²) in [5, 5.41) is 2.78. The van der Waals surface area contributed by atoms with Gasteiger partial charge in [0.15, 0.2) is 13.1 Å². The second kappa shape index (κ2) is 10.3. The first-order valence-electron chi connectivity index (χ1n) is 10.1. The summed E-state index contributed by atoms with van der Waals surface area (Å²) in [6.07, 6.45) is 0. The molecule has 3 N–H and O–H groups in total. The van der Waals surface area contributed by atoms with Gasteiger partial charge < -0.3 is 20.0 Å². The quantitative estimate of drug-likeness (QED) is 0.560. The number of likely N-dealkylation sites (N-methyl/N-ethyl adjacent to an activating group) is 1. The number of nitrogens with one attached hydrogen (secondary N) is 3. The number of hydrogen-bond acceptors (Lipinski definition) is 2. The van der Waals surface area contributed by atoms with E-state index < -0.39 is 0 Å². The molecule has 0 aliphatic carbocycles. The molecule has 1 aliphatic rings. The lowest BCUT2D eigenvalue weighted by molar-refractivity contribution is -1.00. The van der Waals surface area contributed by atoms with Gasteiger partial charge in [-0.05, 0) is 42.0 Å². The number of rotatable bonds is 7. The molecule has 1 aliphatic heterocycles. The Balaban J connectivity index is 1.38. The van der Waals surface area contributed by atoms with E-state index in [4.69, 9.17) is 0 Å². The zero-order valence-electron chi connectivity index (χ0n) is 17.1. The third kappa shape index (κ3) is 6.60. The number of carbonyl (C=O) groups is 2. The minimum absolute atomic E-state index is 0.0480. The van der Waals surface area contributed by atoms with E-state index in [0.717, 1.165) is 31.7 Å². The van der Waals surface area contributed by atoms with Crippen molar-refractivity contribution in [3.05, 3.63) is 65.7 Å². The first-order valence-corrected chi connectivity index (χ1v) is 10.1. The fourth-order valence-corrected chi connectivity index (χ4v) is 3.58. The maximum atomic E-state index is 13.0. The second-order valence-corrected chi connectivity index (χ2v) is 7.78. The van der Waals surface area contributed by atoms with Crippen LogP contribution in [0.1, 0.15) is 5.56 Å². The second-order valence-electron chi connectivity index (χ2n) is 7.78. The van der Waals surface area contributed by atoms with Crippen LogP contribution in [0.25, 0.3) is 0 Å². The number of amides is 2. The van der Waals surface area contributed by atoms with Crippen LogP contribution >= 0.6 is 0 Å². The van der Waals surface area contributed by atoms with Crippen LogP contribution in [-0.2, 0) is 16.1 Å². The summed E-state index contributed by atoms with van der Waals surface area (Å²) >= 11 is 0. The third-order valence-corrected chi connectivity index (χ3v) is 5.36. The molecule has 6 nitrogen and oxygen atoms in total. The third-order valence-electron chi connectivity index (χ3n) is 5.36. The van der Waals surface area contributed by atoms with Gasteiger partial charge in [-0.2, -0.15) is 0 Å². The number of hydrogen-bond donors (Lipinski definition) is 3. The molecule has 1 fully saturated rings. The van der Waals surface area contributed by atoms with Gasteiger partial charge in [-0.1, -0.05) is 12.1 Å². The molecule has 0 atom stereocenters. The molecule has 0 saturated carbocycles. The summed E-state index contributed by atoms with van der Waals surface area (Å²) in [6, 6.07) is 11.9. The Labute approximate surface area is 175 Å². The Bertz CT molecular complexity index is 850. The van der Waals surface area contributed by atoms with Crippen LogP contribution in [0.15, 0.2) is 48.5 Å². The van der Waals surface area contributed by atoms with Gasteiger partial charge >= 0.3 is 0 Å². The molecule has 1 saturated heterocycles. The van der Waals surface area contributed by atoms with Gasteiger partial charge in [-0.25, -0.2) is 8.78 Å². The number of carbonyl (C=O) groups excluding carboxylic acids is 2. The molecule has 8 heteroatoms. The number of piperazine rings is 1. The molecule has 0 bridgehead atoms. The summed E-state index contributed by atoms with van der Waals surface area (Å²) in [4.78, 5) is 28.7. The normalized spacial score (nSPS) is 18.6. The summed E-state index contributed by atoms with van der Waals surface area (Å²) in [6.45, 7) is 4.45. The van der Waals surface area contributed by atoms with Crippen molar-refractivity contribution in [2.75, 3.05) is 51.6 Å². The van der Waals surface area contributed by atoms with E-state index in [1.807, 2.05) is 0 Å². The summed E-state index contributed by atoms with van der Waals surface area (Å²) in [7, 11) is 1.76. The fourth-order valence-electron chi connectivity index (χ4n) is 3.58. The Kier molecular flexibility index (Phi) is 7.48. The predicted octanol–water partition coefficient (Wildman–Crippen LogP) is -0.655. The average Bonchev–Trinajstić information content (AvgIpc) is 2.73. The Morgan fingerprint density at radius 1 is 0.867 bits per heavy atom. The lowest BCUT2D eigenvalue weighted by Gasteiger charge is -2.30. The zero-order chi connectivity index (χ0) is 21.5. The number of benzene rings is 2. The molecule has 30 heavy (non-hydrogen) atoms. The molecule has 1 heterocycles. The molecule has 2 amide bonds. The van der Waals surface area contributed by atoms with Gasteiger partial charge in [0, 0.05) is 19.3 Å². The van der Waals surface area contributed by atoms with Crippen molar-refractivity contribution in [3.8, 4) is 0 Å². The topological polar surface area (TPSA) is 58.3 Å². The van der Waals surface area contributed by atoms with Crippen LogP contribution in [0.2, 0.25) is 0 Å². The van der Waals surface area contributed by atoms with E-state index in [0.29, 0.717) is 25.3 Å². The van der Waals surface area contributed by atoms with E-state index in [-0.39, 0.29) is 23.4 Å². The average molecular weight is 418 g/mol. The van der Waals surface area contributed by atoms with Gasteiger partial charge in [0.1, 0.15) is 37.8 Å². The number of anilines is 1. The maximum Gasteiger partial charge on any atom is 0.279 e. The van der Waals surface area contributed by atoms with Gasteiger partial charge in [-0.3, -0.25) is 9.59 Å². The molecule has 0 radical (unpaired) electrons. The summed E-state index contributed by atoms with van der Waals surface area (Å²) in [5.74, 6) is -0.679. The highest BCUT2D eigenvalue weighted by Crippen LogP contribution is 2.07. The molecule has 0 spiro atoms. The highest BCUT2D eigenvalue weighted by molar-refractivity contribution is 5.91. The summed E-state index contributed by atoms with van der Waals surface area (Å²) in [5.41, 5.74) is 1.48. The van der Waals surface area contributed by atoms with Crippen LogP contribution in [0, 0.1) is 11.6 Å². The monoisotopic (exact) mass is 418 g/mol. The van der Waals surface area contributed by atoms with Crippen molar-refractivity contribution in [2.24, 2.45) is 0 Å². The van der Waals surface area contributed by atoms with E-state index >= 15 is 0 Å². The molecule has 3 rings (SSSR count). The summed E-state index contributed by atoms with van der Waals surface area (Å²) < 4.78 is 25.9. The Hall–Kier alpha value is -2.84. The van der Waals surface area contributed by atoms with Crippen LogP contribution < -0.4 is 15.1 Å². The molecule has 160 valence electrons. The largest absolute Gasteiger partial charge is 0.337 e. The number of halogens is 2. The van der Waals surface area contributed by atoms with E-state index in [1.165, 1.54) is 34.1 Å². The Morgan fingerprint density at radius 3 is 1.93 bits per heavy atom. The van der Waals surface area contributed by atoms with Crippen molar-refractivity contribution in [2.45, 2.75) is 6.54 Å². The van der Waals surface area contributed by atoms with Crippen molar-refractivity contribution >= 4 is 17.5 Å². The van der Waals surface area contributed by atoms with Gasteiger partial charge in [-0.15, -0.1) is 0 Å². The lowest BCUT2D eigenvalue weighted by atomic mass is 10.2. The SMILES string of the molecule is CN(Cc1ccc(F)cc1)C(=O)C[NH+]1CC[NH+](CC(=O)Nc2ccc(F)cc2)CC1. The van der Waals surface area contributed by atoms with Crippen LogP contribution in [-0.4, -0.2) is 63.0 Å². The first-order chi connectivity index (χ1) is 14.4. The number of quaternary nitrogens is 2. The van der Waals surface area contributed by atoms with Gasteiger partial charge in [0.25, 0.3) is 11.8 Å². The molecule has 2 aromatic carbocycles. The van der Waals surface area contributed by atoms with Crippen LogP contribution in [0.4, 0.5) is 14.5 Å². The van der Waals surface area contributed by atoms with Crippen molar-refractivity contribution in [3.63, 3.8) is 0 Å². The predicted molar refractivity (Wildman–Crippen MR) is 109 cm³/mol. The minimum Gasteiger partial charge on any atom is -0.337 e. The molecule has 0 aromatic heterocycles. The minimum atomic E-state index is -0.337. The van der Waals surface area contributed by atoms with Gasteiger partial charge in [0.2, 0.25) is 0 Å². The zero-order valence-corrected chi connectivity index (χ0v) is 17.1. The van der Waals surface area contributed by atoms with E-state index in [1.54, 1.807) is 36.2 Å².